The van der Waals surface area contributed by atoms with Crippen LogP contribution in [-0.4, -0.2) is 35.0 Å². The summed E-state index contributed by atoms with van der Waals surface area (Å²) in [4.78, 5) is 17.6. The van der Waals surface area contributed by atoms with Crippen LogP contribution < -0.4 is 5.32 Å². The molecule has 9 aliphatic rings. The van der Waals surface area contributed by atoms with E-state index in [0.29, 0.717) is 50.7 Å². The Morgan fingerprint density at radius 3 is 2.25 bits per heavy atom. The van der Waals surface area contributed by atoms with Gasteiger partial charge in [-0.1, -0.05) is 85.8 Å². The lowest BCUT2D eigenvalue weighted by Gasteiger charge is -2.61. The number of amides is 1. The highest BCUT2D eigenvalue weighted by molar-refractivity contribution is 5.96. The number of hydrogen-bond donors (Lipinski definition) is 1. The van der Waals surface area contributed by atoms with Crippen molar-refractivity contribution in [2.45, 2.75) is 220 Å². The number of terminal acetylenes is 1. The summed E-state index contributed by atoms with van der Waals surface area (Å²) in [6.07, 6.45) is 31.6. The van der Waals surface area contributed by atoms with Crippen molar-refractivity contribution >= 4 is 5.91 Å². The molecule has 11 atom stereocenters. The van der Waals surface area contributed by atoms with E-state index in [2.05, 4.69) is 104 Å². The first-order chi connectivity index (χ1) is 26.3. The second kappa shape index (κ2) is 14.2. The van der Waals surface area contributed by atoms with Crippen molar-refractivity contribution < 1.29 is 4.79 Å². The van der Waals surface area contributed by atoms with E-state index in [-0.39, 0.29) is 23.0 Å². The van der Waals surface area contributed by atoms with Gasteiger partial charge in [-0.25, -0.2) is 0 Å². The van der Waals surface area contributed by atoms with Gasteiger partial charge in [0.1, 0.15) is 0 Å². The van der Waals surface area contributed by atoms with E-state index >= 15 is 4.79 Å². The van der Waals surface area contributed by atoms with E-state index in [0.717, 1.165) is 36.7 Å². The van der Waals surface area contributed by atoms with E-state index < -0.39 is 0 Å². The fourth-order valence-corrected chi connectivity index (χ4v) is 16.5. The highest BCUT2D eigenvalue weighted by Crippen LogP contribution is 2.89. The van der Waals surface area contributed by atoms with Crippen LogP contribution in [0.1, 0.15) is 224 Å². The van der Waals surface area contributed by atoms with Gasteiger partial charge in [0.2, 0.25) is 0 Å². The highest BCUT2D eigenvalue weighted by Gasteiger charge is 2.82. The number of benzene rings is 1. The molecule has 1 aromatic carbocycles. The van der Waals surface area contributed by atoms with Gasteiger partial charge in [-0.2, -0.15) is 0 Å². The van der Waals surface area contributed by atoms with Crippen LogP contribution >= 0.6 is 0 Å². The number of carbonyl (C=O) groups is 1. The molecule has 1 aromatic rings. The quantitative estimate of drug-likeness (QED) is 0.303. The van der Waals surface area contributed by atoms with Crippen LogP contribution in [0.3, 0.4) is 0 Å². The molecule has 4 bridgehead atoms. The van der Waals surface area contributed by atoms with Crippen LogP contribution in [-0.2, 0) is 0 Å². The van der Waals surface area contributed by atoms with Crippen molar-refractivity contribution in [1.29, 1.82) is 0 Å². The predicted molar refractivity (Wildman–Crippen MR) is 235 cm³/mol. The second-order valence-corrected chi connectivity index (χ2v) is 24.4. The molecule has 2 aliphatic heterocycles. The average molecular weight is 763 g/mol. The van der Waals surface area contributed by atoms with Gasteiger partial charge in [-0.3, -0.25) is 9.69 Å². The Morgan fingerprint density at radius 1 is 0.821 bits per heavy atom. The molecule has 3 nitrogen and oxygen atoms in total. The summed E-state index contributed by atoms with van der Waals surface area (Å²) in [6, 6.07) is 7.48. The van der Waals surface area contributed by atoms with E-state index in [1.165, 1.54) is 120 Å². The van der Waals surface area contributed by atoms with E-state index in [4.69, 9.17) is 6.42 Å². The third kappa shape index (κ3) is 6.87. The standard InChI is InChI=1S/C53H82N2O/c1-12-53-29-23-42(36(2)21-28-50(8,35-53)55(53)11)41-19-20-43(40-18-15-26-51(9)46-49(7,27-22-40)34-52(46,51)10)44(30-41)45(56)54-37(3)39-16-13-24-47(4,5)31-38-32-48(6,33-38)25-14-17-39/h1,19-20,30,36-40,42,46H,13-18,21-29,31-35H2,2-11H3,(H,54,56). The van der Waals surface area contributed by atoms with Crippen LogP contribution in [0, 0.1) is 63.1 Å². The highest BCUT2D eigenvalue weighted by atomic mass is 16.1. The van der Waals surface area contributed by atoms with E-state index in [9.17, 15) is 0 Å². The van der Waals surface area contributed by atoms with Crippen molar-refractivity contribution in [1.82, 2.24) is 10.2 Å². The number of nitrogens with one attached hydrogen (secondary N) is 1. The van der Waals surface area contributed by atoms with Gasteiger partial charge in [0.05, 0.1) is 5.54 Å². The second-order valence-electron chi connectivity index (χ2n) is 24.4. The minimum Gasteiger partial charge on any atom is -0.349 e. The molecule has 9 fully saturated rings. The van der Waals surface area contributed by atoms with Gasteiger partial charge in [0, 0.05) is 17.1 Å². The minimum atomic E-state index is -0.129. The Bertz CT molecular complexity index is 1690. The maximum Gasteiger partial charge on any atom is 0.251 e. The molecule has 11 unspecified atom stereocenters. The molecular formula is C53H82N2O. The normalized spacial score (nSPS) is 46.9. The summed E-state index contributed by atoms with van der Waals surface area (Å²) in [5.74, 6) is 7.23. The molecule has 1 N–H and O–H groups in total. The third-order valence-electron chi connectivity index (χ3n) is 19.8. The first-order valence-corrected chi connectivity index (χ1v) is 23.9. The van der Waals surface area contributed by atoms with E-state index in [1.54, 1.807) is 0 Å². The summed E-state index contributed by atoms with van der Waals surface area (Å²) < 4.78 is 0. The molecule has 310 valence electrons. The Balaban J connectivity index is 1.06. The first kappa shape index (κ1) is 41.0. The maximum atomic E-state index is 15.1. The summed E-state index contributed by atoms with van der Waals surface area (Å²) in [5, 5.41) is 3.74. The van der Waals surface area contributed by atoms with Gasteiger partial charge in [-0.05, 0) is 210 Å². The van der Waals surface area contributed by atoms with Gasteiger partial charge >= 0.3 is 0 Å². The van der Waals surface area contributed by atoms with Crippen LogP contribution in [0.2, 0.25) is 0 Å². The minimum absolute atomic E-state index is 0.129. The number of rotatable bonds is 5. The number of hydrogen-bond acceptors (Lipinski definition) is 2. The summed E-state index contributed by atoms with van der Waals surface area (Å²) in [5.41, 5.74) is 6.29. The largest absolute Gasteiger partial charge is 0.349 e. The van der Waals surface area contributed by atoms with Crippen LogP contribution in [0.4, 0.5) is 0 Å². The molecule has 0 radical (unpaired) electrons. The fourth-order valence-electron chi connectivity index (χ4n) is 16.5. The third-order valence-corrected chi connectivity index (χ3v) is 19.8. The number of fused-ring (bicyclic) bond motifs is 14. The van der Waals surface area contributed by atoms with Crippen molar-refractivity contribution in [2.24, 2.45) is 50.7 Å². The Morgan fingerprint density at radius 2 is 1.54 bits per heavy atom. The Kier molecular flexibility index (Phi) is 10.4. The van der Waals surface area contributed by atoms with Crippen LogP contribution in [0.5, 0.6) is 0 Å². The molecule has 7 saturated carbocycles. The van der Waals surface area contributed by atoms with Crippen LogP contribution in [0.25, 0.3) is 0 Å². The van der Waals surface area contributed by atoms with Crippen molar-refractivity contribution in [3.05, 3.63) is 34.9 Å². The molecular weight excluding hydrogens is 681 g/mol. The zero-order valence-electron chi connectivity index (χ0n) is 37.8. The van der Waals surface area contributed by atoms with Crippen LogP contribution in [0.15, 0.2) is 18.2 Å². The van der Waals surface area contributed by atoms with Crippen molar-refractivity contribution in [3.8, 4) is 12.3 Å². The SMILES string of the molecule is C#CC12CCC(c3ccc(C4CCCC5(C)C6C(C)(CC4)CC65C)c(C(=O)NC(C)C4CCCC(C)(C)CC5CC(C)(CCC4)C5)c3)C(C)CCC(C)(C1)N2C. The van der Waals surface area contributed by atoms with Crippen molar-refractivity contribution in [2.75, 3.05) is 7.05 Å². The zero-order chi connectivity index (χ0) is 40.1. The molecule has 10 rings (SSSR count). The van der Waals surface area contributed by atoms with Gasteiger partial charge in [-0.15, -0.1) is 6.42 Å². The lowest BCUT2D eigenvalue weighted by molar-refractivity contribution is -0.0906. The first-order valence-electron chi connectivity index (χ1n) is 23.9. The summed E-state index contributed by atoms with van der Waals surface area (Å²) in [6.45, 7) is 22.6. The molecule has 7 aliphatic carbocycles. The molecule has 56 heavy (non-hydrogen) atoms. The number of nitrogens with zero attached hydrogens (tertiary/aromatic N) is 1. The van der Waals surface area contributed by atoms with Crippen molar-refractivity contribution in [3.63, 3.8) is 0 Å². The fraction of sp³-hybridized carbons (Fsp3) is 0.830. The zero-order valence-corrected chi connectivity index (χ0v) is 37.8. The predicted octanol–water partition coefficient (Wildman–Crippen LogP) is 13.5. The molecule has 2 heterocycles. The molecule has 2 saturated heterocycles. The van der Waals surface area contributed by atoms with Gasteiger partial charge < -0.3 is 5.32 Å². The monoisotopic (exact) mass is 763 g/mol. The van der Waals surface area contributed by atoms with E-state index in [1.807, 2.05) is 0 Å². The van der Waals surface area contributed by atoms with Gasteiger partial charge in [0.25, 0.3) is 5.91 Å². The lowest BCUT2D eigenvalue weighted by atomic mass is 9.57. The summed E-state index contributed by atoms with van der Waals surface area (Å²) in [7, 11) is 2.27. The Hall–Kier alpha value is -1.79. The summed E-state index contributed by atoms with van der Waals surface area (Å²) >= 11 is 0. The topological polar surface area (TPSA) is 32.3 Å². The lowest BCUT2D eigenvalue weighted by Crippen LogP contribution is -2.70. The maximum absolute atomic E-state index is 15.1. The average Bonchev–Trinajstić information content (AvgIpc) is 3.49. The molecule has 0 aromatic heterocycles. The molecule has 0 spiro atoms. The molecule has 3 heteroatoms. The van der Waals surface area contributed by atoms with Gasteiger partial charge in [0.15, 0.2) is 0 Å². The Labute approximate surface area is 344 Å². The number of carbonyl (C=O) groups excluding carboxylic acids is 1. The smallest absolute Gasteiger partial charge is 0.251 e. The molecule has 1 amide bonds.